The van der Waals surface area contributed by atoms with Crippen molar-refractivity contribution in [3.63, 3.8) is 0 Å². The van der Waals surface area contributed by atoms with Crippen LogP contribution < -0.4 is 10.2 Å². The van der Waals surface area contributed by atoms with Crippen LogP contribution in [-0.4, -0.2) is 42.9 Å². The van der Waals surface area contributed by atoms with Crippen LogP contribution in [0.4, 0.5) is 0 Å². The molecule has 1 amide bonds. The lowest BCUT2D eigenvalue weighted by molar-refractivity contribution is -0.896. The molecule has 0 aliphatic rings. The van der Waals surface area contributed by atoms with Gasteiger partial charge in [-0.3, -0.25) is 9.59 Å². The van der Waals surface area contributed by atoms with Gasteiger partial charge in [-0.05, 0) is 40.2 Å². The fraction of sp³-hybridized carbons (Fsp3) is 0.625. The Morgan fingerprint density at radius 3 is 2.29 bits per heavy atom. The molecule has 0 bridgehead atoms. The maximum absolute atomic E-state index is 12.2. The molecule has 0 aliphatic heterocycles. The van der Waals surface area contributed by atoms with E-state index in [0.717, 1.165) is 37.3 Å². The quantitative estimate of drug-likeness (QED) is 0.492. The van der Waals surface area contributed by atoms with Gasteiger partial charge in [0, 0.05) is 24.2 Å². The Labute approximate surface area is 127 Å². The average Bonchev–Trinajstić information content (AvgIpc) is 2.74. The number of Topliss-reactive ketones (excluding diaryl/α,β-unsaturated/α-hetero) is 1. The van der Waals surface area contributed by atoms with Gasteiger partial charge in [-0.1, -0.05) is 0 Å². The number of quaternary nitrogens is 1. The monoisotopic (exact) mass is 294 g/mol. The second-order valence-electron chi connectivity index (χ2n) is 5.50. The van der Waals surface area contributed by atoms with Gasteiger partial charge in [-0.25, -0.2) is 0 Å². The molecule has 1 aromatic rings. The fourth-order valence-electron chi connectivity index (χ4n) is 2.74. The van der Waals surface area contributed by atoms with Crippen LogP contribution in [0.1, 0.15) is 59.3 Å². The summed E-state index contributed by atoms with van der Waals surface area (Å²) in [6, 6.07) is 0. The smallest absolute Gasteiger partial charge is 0.268 e. The van der Waals surface area contributed by atoms with E-state index in [0.29, 0.717) is 17.8 Å². The Bertz CT molecular complexity index is 502. The Hall–Kier alpha value is -1.62. The molecule has 5 nitrogen and oxygen atoms in total. The van der Waals surface area contributed by atoms with Crippen LogP contribution in [0.2, 0.25) is 0 Å². The molecule has 0 unspecified atom stereocenters. The maximum atomic E-state index is 12.2. The first-order valence-electron chi connectivity index (χ1n) is 7.74. The largest absolute Gasteiger partial charge is 0.354 e. The van der Waals surface area contributed by atoms with Crippen LogP contribution in [0.3, 0.4) is 0 Å². The minimum absolute atomic E-state index is 0.00886. The van der Waals surface area contributed by atoms with Crippen molar-refractivity contribution in [3.8, 4) is 0 Å². The standard InChI is InChI=1S/C16H27N3O2/c1-6-19(7-2)10-8-9-17-16(21)15-11(3)14(13(5)20)12(4)18-15/h18H,6-10H2,1-5H3,(H,17,21)/p+1. The maximum Gasteiger partial charge on any atom is 0.268 e. The normalized spacial score (nSPS) is 11.0. The molecule has 21 heavy (non-hydrogen) atoms. The number of aromatic nitrogens is 1. The third-order valence-electron chi connectivity index (χ3n) is 4.01. The van der Waals surface area contributed by atoms with Gasteiger partial charge < -0.3 is 15.2 Å². The number of ketones is 1. The molecule has 1 aromatic heterocycles. The van der Waals surface area contributed by atoms with Gasteiger partial charge in [0.1, 0.15) is 5.69 Å². The minimum atomic E-state index is -0.127. The predicted molar refractivity (Wildman–Crippen MR) is 84.1 cm³/mol. The molecular formula is C16H28N3O2+. The van der Waals surface area contributed by atoms with Crippen LogP contribution in [0, 0.1) is 13.8 Å². The molecule has 1 rings (SSSR count). The number of rotatable bonds is 8. The summed E-state index contributed by atoms with van der Waals surface area (Å²) in [6.07, 6.45) is 0.959. The van der Waals surface area contributed by atoms with E-state index in [2.05, 4.69) is 24.1 Å². The van der Waals surface area contributed by atoms with Crippen LogP contribution >= 0.6 is 0 Å². The third kappa shape index (κ3) is 4.43. The lowest BCUT2D eigenvalue weighted by Crippen LogP contribution is -3.11. The fourth-order valence-corrected chi connectivity index (χ4v) is 2.74. The van der Waals surface area contributed by atoms with E-state index in [1.54, 1.807) is 0 Å². The molecule has 3 N–H and O–H groups in total. The first-order chi connectivity index (χ1) is 9.92. The molecule has 118 valence electrons. The van der Waals surface area contributed by atoms with Crippen molar-refractivity contribution in [2.45, 2.75) is 41.0 Å². The lowest BCUT2D eigenvalue weighted by atomic mass is 10.1. The van der Waals surface area contributed by atoms with Crippen molar-refractivity contribution >= 4 is 11.7 Å². The van der Waals surface area contributed by atoms with Gasteiger partial charge in [-0.2, -0.15) is 0 Å². The highest BCUT2D eigenvalue weighted by Crippen LogP contribution is 2.18. The number of nitrogens with one attached hydrogen (secondary N) is 3. The number of H-pyrrole nitrogens is 1. The molecule has 0 saturated heterocycles. The summed E-state index contributed by atoms with van der Waals surface area (Å²) in [4.78, 5) is 28.3. The molecule has 0 spiro atoms. The summed E-state index contributed by atoms with van der Waals surface area (Å²) >= 11 is 0. The van der Waals surface area contributed by atoms with Crippen molar-refractivity contribution in [1.29, 1.82) is 0 Å². The van der Waals surface area contributed by atoms with Crippen molar-refractivity contribution < 1.29 is 14.5 Å². The molecular weight excluding hydrogens is 266 g/mol. The van der Waals surface area contributed by atoms with Crippen molar-refractivity contribution in [1.82, 2.24) is 10.3 Å². The summed E-state index contributed by atoms with van der Waals surface area (Å²) in [5, 5.41) is 2.93. The van der Waals surface area contributed by atoms with Crippen molar-refractivity contribution in [3.05, 3.63) is 22.5 Å². The average molecular weight is 294 g/mol. The summed E-state index contributed by atoms with van der Waals surface area (Å²) in [7, 11) is 0. The van der Waals surface area contributed by atoms with E-state index in [9.17, 15) is 9.59 Å². The molecule has 0 aliphatic carbocycles. The van der Waals surface area contributed by atoms with Gasteiger partial charge in [0.2, 0.25) is 0 Å². The summed E-state index contributed by atoms with van der Waals surface area (Å²) in [5.41, 5.74) is 2.64. The van der Waals surface area contributed by atoms with Gasteiger partial charge in [0.25, 0.3) is 5.91 Å². The number of aryl methyl sites for hydroxylation is 1. The first-order valence-corrected chi connectivity index (χ1v) is 7.74. The summed E-state index contributed by atoms with van der Waals surface area (Å²) in [5.74, 6) is -0.136. The van der Waals surface area contributed by atoms with Crippen molar-refractivity contribution in [2.75, 3.05) is 26.2 Å². The number of amides is 1. The topological polar surface area (TPSA) is 66.4 Å². The molecule has 5 heteroatoms. The van der Waals surface area contributed by atoms with E-state index in [-0.39, 0.29) is 11.7 Å². The van der Waals surface area contributed by atoms with Crippen LogP contribution in [-0.2, 0) is 0 Å². The Morgan fingerprint density at radius 2 is 1.81 bits per heavy atom. The Morgan fingerprint density at radius 1 is 1.19 bits per heavy atom. The molecule has 0 fully saturated rings. The van der Waals surface area contributed by atoms with E-state index in [1.165, 1.54) is 11.8 Å². The highest BCUT2D eigenvalue weighted by atomic mass is 16.2. The van der Waals surface area contributed by atoms with E-state index < -0.39 is 0 Å². The highest BCUT2D eigenvalue weighted by Gasteiger charge is 2.19. The minimum Gasteiger partial charge on any atom is -0.354 e. The summed E-state index contributed by atoms with van der Waals surface area (Å²) < 4.78 is 0. The SMILES string of the molecule is CC[NH+](CC)CCCNC(=O)c1[nH]c(C)c(C(C)=O)c1C. The lowest BCUT2D eigenvalue weighted by Gasteiger charge is -2.15. The Balaban J connectivity index is 2.57. The number of carbonyl (C=O) groups excluding carboxylic acids is 2. The van der Waals surface area contributed by atoms with Crippen molar-refractivity contribution in [2.24, 2.45) is 0 Å². The van der Waals surface area contributed by atoms with Crippen LogP contribution in [0.5, 0.6) is 0 Å². The zero-order valence-electron chi connectivity index (χ0n) is 13.9. The number of hydrogen-bond donors (Lipinski definition) is 3. The second-order valence-corrected chi connectivity index (χ2v) is 5.50. The van der Waals surface area contributed by atoms with Gasteiger partial charge in [0.05, 0.1) is 19.6 Å². The number of aromatic amines is 1. The molecule has 1 heterocycles. The summed E-state index contributed by atoms with van der Waals surface area (Å²) in [6.45, 7) is 13.5. The van der Waals surface area contributed by atoms with Gasteiger partial charge in [-0.15, -0.1) is 0 Å². The van der Waals surface area contributed by atoms with Crippen LogP contribution in [0.25, 0.3) is 0 Å². The molecule has 0 saturated carbocycles. The third-order valence-corrected chi connectivity index (χ3v) is 4.01. The van der Waals surface area contributed by atoms with Gasteiger partial charge >= 0.3 is 0 Å². The van der Waals surface area contributed by atoms with Crippen LogP contribution in [0.15, 0.2) is 0 Å². The zero-order valence-corrected chi connectivity index (χ0v) is 13.9. The van der Waals surface area contributed by atoms with E-state index in [4.69, 9.17) is 0 Å². The zero-order chi connectivity index (χ0) is 16.0. The second kappa shape index (κ2) is 7.98. The molecule has 0 atom stereocenters. The van der Waals surface area contributed by atoms with E-state index in [1.807, 2.05) is 13.8 Å². The first kappa shape index (κ1) is 17.4. The van der Waals surface area contributed by atoms with E-state index >= 15 is 0 Å². The number of hydrogen-bond acceptors (Lipinski definition) is 2. The highest BCUT2D eigenvalue weighted by molar-refractivity contribution is 6.02. The Kier molecular flexibility index (Phi) is 6.62. The molecule has 0 aromatic carbocycles. The number of carbonyl (C=O) groups is 2. The predicted octanol–water partition coefficient (Wildman–Crippen LogP) is 0.879. The molecule has 0 radical (unpaired) electrons. The van der Waals surface area contributed by atoms with Gasteiger partial charge in [0.15, 0.2) is 5.78 Å².